The molecule has 0 saturated carbocycles. The molecule has 1 aliphatic rings. The van der Waals surface area contributed by atoms with Crippen molar-refractivity contribution < 1.29 is 9.47 Å². The minimum atomic E-state index is 0.352. The fraction of sp³-hybridized carbons (Fsp3) is 0.556. The molecule has 0 aliphatic carbocycles. The van der Waals surface area contributed by atoms with E-state index in [2.05, 4.69) is 35.9 Å². The topological polar surface area (TPSA) is 33.7 Å². The van der Waals surface area contributed by atoms with Gasteiger partial charge in [0, 0.05) is 32.2 Å². The Morgan fingerprint density at radius 3 is 2.64 bits per heavy atom. The second-order valence-corrected chi connectivity index (χ2v) is 5.81. The number of methoxy groups -OCH3 is 1. The molecular formula is C18H28N2O2. The molecule has 1 atom stereocenters. The first-order valence-corrected chi connectivity index (χ1v) is 8.05. The maximum atomic E-state index is 5.73. The summed E-state index contributed by atoms with van der Waals surface area (Å²) >= 11 is 0. The summed E-state index contributed by atoms with van der Waals surface area (Å²) in [4.78, 5) is 2.53. The highest BCUT2D eigenvalue weighted by atomic mass is 16.5. The van der Waals surface area contributed by atoms with Gasteiger partial charge in [-0.2, -0.15) is 0 Å². The van der Waals surface area contributed by atoms with Gasteiger partial charge in [-0.1, -0.05) is 11.6 Å². The van der Waals surface area contributed by atoms with E-state index in [1.807, 2.05) is 13.0 Å². The summed E-state index contributed by atoms with van der Waals surface area (Å²) in [6.07, 6.45) is 0.970. The predicted octanol–water partition coefficient (Wildman–Crippen LogP) is 3.01. The standard InChI is InChI=1S/C18H28N2O2/c1-5-22-18-13-15(6-7-17(18)21-4)16(12-14(2)3)20-10-8-19-9-11-20/h6-7,13,16,19H,2,5,8-12H2,1,3-4H3/t16-/m1/s1. The molecule has 0 amide bonds. The van der Waals surface area contributed by atoms with Crippen LogP contribution in [0.15, 0.2) is 30.4 Å². The average Bonchev–Trinajstić information content (AvgIpc) is 2.53. The molecule has 4 nitrogen and oxygen atoms in total. The summed E-state index contributed by atoms with van der Waals surface area (Å²) < 4.78 is 11.1. The summed E-state index contributed by atoms with van der Waals surface area (Å²) in [6, 6.07) is 6.63. The zero-order chi connectivity index (χ0) is 15.9. The van der Waals surface area contributed by atoms with E-state index < -0.39 is 0 Å². The van der Waals surface area contributed by atoms with E-state index in [4.69, 9.17) is 9.47 Å². The largest absolute Gasteiger partial charge is 0.493 e. The number of nitrogens with one attached hydrogen (secondary N) is 1. The van der Waals surface area contributed by atoms with Crippen molar-refractivity contribution >= 4 is 0 Å². The molecule has 1 fully saturated rings. The molecule has 1 aliphatic heterocycles. The Morgan fingerprint density at radius 1 is 1.32 bits per heavy atom. The Labute approximate surface area is 134 Å². The van der Waals surface area contributed by atoms with Crippen LogP contribution in [0.3, 0.4) is 0 Å². The number of benzene rings is 1. The molecule has 2 rings (SSSR count). The van der Waals surface area contributed by atoms with Crippen molar-refractivity contribution in [3.63, 3.8) is 0 Å². The van der Waals surface area contributed by atoms with E-state index in [0.29, 0.717) is 12.6 Å². The molecular weight excluding hydrogens is 276 g/mol. The van der Waals surface area contributed by atoms with Crippen LogP contribution in [0.2, 0.25) is 0 Å². The Kier molecular flexibility index (Phi) is 6.28. The van der Waals surface area contributed by atoms with Gasteiger partial charge in [-0.25, -0.2) is 0 Å². The van der Waals surface area contributed by atoms with Crippen LogP contribution in [0.25, 0.3) is 0 Å². The molecule has 22 heavy (non-hydrogen) atoms. The van der Waals surface area contributed by atoms with Crippen LogP contribution in [0.5, 0.6) is 11.5 Å². The zero-order valence-corrected chi connectivity index (χ0v) is 14.0. The first-order chi connectivity index (χ1) is 10.7. The monoisotopic (exact) mass is 304 g/mol. The third-order valence-electron chi connectivity index (χ3n) is 4.01. The van der Waals surface area contributed by atoms with Crippen LogP contribution in [0.4, 0.5) is 0 Å². The summed E-state index contributed by atoms with van der Waals surface area (Å²) in [6.45, 7) is 13.1. The molecule has 0 bridgehead atoms. The third-order valence-corrected chi connectivity index (χ3v) is 4.01. The van der Waals surface area contributed by atoms with Gasteiger partial charge in [-0.15, -0.1) is 6.58 Å². The molecule has 0 aromatic heterocycles. The minimum Gasteiger partial charge on any atom is -0.493 e. The normalized spacial score (nSPS) is 17.0. The lowest BCUT2D eigenvalue weighted by Crippen LogP contribution is -2.45. The van der Waals surface area contributed by atoms with Gasteiger partial charge in [0.05, 0.1) is 13.7 Å². The maximum absolute atomic E-state index is 5.73. The van der Waals surface area contributed by atoms with Crippen LogP contribution < -0.4 is 14.8 Å². The highest BCUT2D eigenvalue weighted by Gasteiger charge is 2.23. The lowest BCUT2D eigenvalue weighted by atomic mass is 9.97. The number of hydrogen-bond donors (Lipinski definition) is 1. The smallest absolute Gasteiger partial charge is 0.161 e. The van der Waals surface area contributed by atoms with Gasteiger partial charge in [0.25, 0.3) is 0 Å². The Morgan fingerprint density at radius 2 is 2.05 bits per heavy atom. The van der Waals surface area contributed by atoms with Gasteiger partial charge in [-0.3, -0.25) is 4.90 Å². The number of hydrogen-bond acceptors (Lipinski definition) is 4. The van der Waals surface area contributed by atoms with E-state index in [0.717, 1.165) is 44.1 Å². The summed E-state index contributed by atoms with van der Waals surface area (Å²) in [5, 5.41) is 3.42. The first kappa shape index (κ1) is 16.8. The van der Waals surface area contributed by atoms with Crippen molar-refractivity contribution in [1.29, 1.82) is 0 Å². The van der Waals surface area contributed by atoms with Crippen LogP contribution in [0.1, 0.15) is 31.9 Å². The van der Waals surface area contributed by atoms with Gasteiger partial charge < -0.3 is 14.8 Å². The Balaban J connectivity index is 2.29. The summed E-state index contributed by atoms with van der Waals surface area (Å²) in [5.74, 6) is 1.62. The summed E-state index contributed by atoms with van der Waals surface area (Å²) in [5.41, 5.74) is 2.48. The van der Waals surface area contributed by atoms with Crippen LogP contribution in [-0.4, -0.2) is 44.8 Å². The van der Waals surface area contributed by atoms with E-state index in [1.54, 1.807) is 7.11 Å². The van der Waals surface area contributed by atoms with Crippen LogP contribution in [-0.2, 0) is 0 Å². The molecule has 0 radical (unpaired) electrons. The van der Waals surface area contributed by atoms with E-state index in [9.17, 15) is 0 Å². The lowest BCUT2D eigenvalue weighted by Gasteiger charge is -2.35. The van der Waals surface area contributed by atoms with Crippen LogP contribution >= 0.6 is 0 Å². The molecule has 4 heteroatoms. The highest BCUT2D eigenvalue weighted by Crippen LogP contribution is 2.34. The van der Waals surface area contributed by atoms with Gasteiger partial charge in [0.1, 0.15) is 0 Å². The molecule has 1 aromatic carbocycles. The molecule has 1 saturated heterocycles. The SMILES string of the molecule is C=C(C)C[C@H](c1ccc(OC)c(OCC)c1)N1CCNCC1. The van der Waals surface area contributed by atoms with Crippen molar-refractivity contribution in [1.82, 2.24) is 10.2 Å². The third kappa shape index (κ3) is 4.24. The predicted molar refractivity (Wildman–Crippen MR) is 90.8 cm³/mol. The fourth-order valence-electron chi connectivity index (χ4n) is 2.95. The average molecular weight is 304 g/mol. The molecule has 0 unspecified atom stereocenters. The van der Waals surface area contributed by atoms with Crippen molar-refractivity contribution in [2.75, 3.05) is 39.9 Å². The van der Waals surface area contributed by atoms with Gasteiger partial charge >= 0.3 is 0 Å². The number of ether oxygens (including phenoxy) is 2. The highest BCUT2D eigenvalue weighted by molar-refractivity contribution is 5.44. The van der Waals surface area contributed by atoms with Crippen LogP contribution in [0, 0.1) is 0 Å². The Hall–Kier alpha value is -1.52. The second kappa shape index (κ2) is 8.20. The minimum absolute atomic E-state index is 0.352. The zero-order valence-electron chi connectivity index (χ0n) is 14.0. The number of piperazine rings is 1. The Bertz CT molecular complexity index is 496. The lowest BCUT2D eigenvalue weighted by molar-refractivity contribution is 0.172. The molecule has 1 aromatic rings. The van der Waals surface area contributed by atoms with E-state index in [-0.39, 0.29) is 0 Å². The van der Waals surface area contributed by atoms with Crippen molar-refractivity contribution in [2.45, 2.75) is 26.3 Å². The van der Waals surface area contributed by atoms with E-state index in [1.165, 1.54) is 11.1 Å². The van der Waals surface area contributed by atoms with E-state index >= 15 is 0 Å². The second-order valence-electron chi connectivity index (χ2n) is 5.81. The number of rotatable bonds is 7. The van der Waals surface area contributed by atoms with Gasteiger partial charge in [0.2, 0.25) is 0 Å². The van der Waals surface area contributed by atoms with Gasteiger partial charge in [0.15, 0.2) is 11.5 Å². The van der Waals surface area contributed by atoms with Gasteiger partial charge in [-0.05, 0) is 38.0 Å². The molecule has 0 spiro atoms. The molecule has 1 N–H and O–H groups in total. The van der Waals surface area contributed by atoms with Crippen molar-refractivity contribution in [3.8, 4) is 11.5 Å². The quantitative estimate of drug-likeness (QED) is 0.785. The molecule has 1 heterocycles. The van der Waals surface area contributed by atoms with Crippen molar-refractivity contribution in [2.24, 2.45) is 0 Å². The molecule has 122 valence electrons. The fourth-order valence-corrected chi connectivity index (χ4v) is 2.95. The van der Waals surface area contributed by atoms with Crippen molar-refractivity contribution in [3.05, 3.63) is 35.9 Å². The maximum Gasteiger partial charge on any atom is 0.161 e. The number of nitrogens with zero attached hydrogens (tertiary/aromatic N) is 1. The first-order valence-electron chi connectivity index (χ1n) is 8.05. The summed E-state index contributed by atoms with van der Waals surface area (Å²) in [7, 11) is 1.68.